The number of rotatable bonds is 7. The third-order valence-electron chi connectivity index (χ3n) is 7.29. The van der Waals surface area contributed by atoms with Crippen LogP contribution >= 0.6 is 0 Å². The minimum Gasteiger partial charge on any atom is -0.455 e. The Kier molecular flexibility index (Phi) is 6.14. The van der Waals surface area contributed by atoms with Gasteiger partial charge in [-0.2, -0.15) is 5.11 Å². The van der Waals surface area contributed by atoms with Crippen LogP contribution in [-0.2, 0) is 12.8 Å². The SMILES string of the molecule is CCC1CCc2ccc(Oc3cc4c(cc3N=Nc3ccc([N+](=O)[O-])cc3)CCC4CC)cc21. The zero-order valence-electron chi connectivity index (χ0n) is 19.7. The summed E-state index contributed by atoms with van der Waals surface area (Å²) in [5.74, 6) is 2.68. The highest BCUT2D eigenvalue weighted by Crippen LogP contribution is 2.44. The molecule has 2 atom stereocenters. The Labute approximate surface area is 199 Å². The van der Waals surface area contributed by atoms with Crippen molar-refractivity contribution >= 4 is 17.1 Å². The van der Waals surface area contributed by atoms with Gasteiger partial charge in [-0.15, -0.1) is 5.11 Å². The number of aryl methyl sites for hydroxylation is 2. The van der Waals surface area contributed by atoms with Gasteiger partial charge in [-0.1, -0.05) is 19.9 Å². The summed E-state index contributed by atoms with van der Waals surface area (Å²) in [5, 5.41) is 19.8. The summed E-state index contributed by atoms with van der Waals surface area (Å²) >= 11 is 0. The number of hydrogen-bond donors (Lipinski definition) is 0. The van der Waals surface area contributed by atoms with Crippen molar-refractivity contribution in [2.24, 2.45) is 10.2 Å². The fourth-order valence-electron chi connectivity index (χ4n) is 5.33. The van der Waals surface area contributed by atoms with Gasteiger partial charge in [-0.25, -0.2) is 0 Å². The summed E-state index contributed by atoms with van der Waals surface area (Å²) < 4.78 is 6.44. The van der Waals surface area contributed by atoms with E-state index in [1.54, 1.807) is 12.1 Å². The van der Waals surface area contributed by atoms with E-state index in [4.69, 9.17) is 4.74 Å². The molecule has 0 aliphatic heterocycles. The van der Waals surface area contributed by atoms with Gasteiger partial charge in [0, 0.05) is 12.1 Å². The average molecular weight is 456 g/mol. The lowest BCUT2D eigenvalue weighted by Gasteiger charge is -2.15. The lowest BCUT2D eigenvalue weighted by Crippen LogP contribution is -1.95. The molecule has 3 aromatic carbocycles. The Hall–Kier alpha value is -3.54. The second-order valence-electron chi connectivity index (χ2n) is 9.24. The molecule has 0 amide bonds. The molecule has 2 aliphatic carbocycles. The highest BCUT2D eigenvalue weighted by molar-refractivity contribution is 5.60. The van der Waals surface area contributed by atoms with Crippen LogP contribution in [0.1, 0.15) is 73.6 Å². The Bertz CT molecular complexity index is 1250. The number of nitro groups is 1. The topological polar surface area (TPSA) is 77.1 Å². The molecular formula is C28H29N3O3. The Morgan fingerprint density at radius 2 is 1.56 bits per heavy atom. The first-order valence-electron chi connectivity index (χ1n) is 12.2. The second-order valence-corrected chi connectivity index (χ2v) is 9.24. The van der Waals surface area contributed by atoms with Crippen LogP contribution in [0.3, 0.4) is 0 Å². The molecule has 0 fully saturated rings. The van der Waals surface area contributed by atoms with Crippen molar-refractivity contribution in [2.45, 2.75) is 64.2 Å². The quantitative estimate of drug-likeness (QED) is 0.203. The minimum atomic E-state index is -0.419. The maximum absolute atomic E-state index is 10.9. The number of nitrogens with zero attached hydrogens (tertiary/aromatic N) is 3. The lowest BCUT2D eigenvalue weighted by molar-refractivity contribution is -0.384. The van der Waals surface area contributed by atoms with Crippen molar-refractivity contribution in [1.29, 1.82) is 0 Å². The monoisotopic (exact) mass is 455 g/mol. The summed E-state index contributed by atoms with van der Waals surface area (Å²) in [6.07, 6.45) is 6.77. The molecule has 0 saturated carbocycles. The molecule has 2 unspecified atom stereocenters. The van der Waals surface area contributed by atoms with E-state index in [1.165, 1.54) is 40.8 Å². The fourth-order valence-corrected chi connectivity index (χ4v) is 5.33. The number of ether oxygens (including phenoxy) is 1. The molecule has 2 aliphatic rings. The zero-order chi connectivity index (χ0) is 23.7. The van der Waals surface area contributed by atoms with Crippen LogP contribution in [0.5, 0.6) is 11.5 Å². The second kappa shape index (κ2) is 9.37. The van der Waals surface area contributed by atoms with Gasteiger partial charge in [-0.05, 0) is 109 Å². The molecule has 0 N–H and O–H groups in total. The molecule has 174 valence electrons. The van der Waals surface area contributed by atoms with E-state index >= 15 is 0 Å². The van der Waals surface area contributed by atoms with Crippen LogP contribution in [0.2, 0.25) is 0 Å². The standard InChI is InChI=1S/C28H29N3O3/c1-3-18-5-7-20-9-14-24(16-25(18)20)34-28-17-26-19(4-2)6-8-21(26)15-27(28)30-29-22-10-12-23(13-11-22)31(32)33/h9-19H,3-8H2,1-2H3. The molecule has 6 nitrogen and oxygen atoms in total. The number of benzene rings is 3. The Morgan fingerprint density at radius 3 is 2.24 bits per heavy atom. The van der Waals surface area contributed by atoms with E-state index in [1.807, 2.05) is 0 Å². The van der Waals surface area contributed by atoms with Gasteiger partial charge >= 0.3 is 0 Å². The Balaban J connectivity index is 1.49. The summed E-state index contributed by atoms with van der Waals surface area (Å²) in [4.78, 5) is 10.5. The number of hydrogen-bond acceptors (Lipinski definition) is 5. The van der Waals surface area contributed by atoms with E-state index in [0.29, 0.717) is 29.0 Å². The van der Waals surface area contributed by atoms with Crippen molar-refractivity contribution in [3.63, 3.8) is 0 Å². The molecule has 0 spiro atoms. The van der Waals surface area contributed by atoms with E-state index in [-0.39, 0.29) is 5.69 Å². The van der Waals surface area contributed by atoms with Crippen LogP contribution in [0.25, 0.3) is 0 Å². The fraction of sp³-hybridized carbons (Fsp3) is 0.357. The first-order valence-corrected chi connectivity index (χ1v) is 12.2. The van der Waals surface area contributed by atoms with Gasteiger partial charge < -0.3 is 4.74 Å². The smallest absolute Gasteiger partial charge is 0.269 e. The summed E-state index contributed by atoms with van der Waals surface area (Å²) in [5.41, 5.74) is 6.76. The van der Waals surface area contributed by atoms with Crippen LogP contribution < -0.4 is 4.74 Å². The minimum absolute atomic E-state index is 0.0353. The van der Waals surface area contributed by atoms with Gasteiger partial charge in [0.15, 0.2) is 5.75 Å². The van der Waals surface area contributed by atoms with E-state index in [9.17, 15) is 10.1 Å². The number of nitro benzene ring substituents is 1. The van der Waals surface area contributed by atoms with Crippen molar-refractivity contribution < 1.29 is 9.66 Å². The zero-order valence-corrected chi connectivity index (χ0v) is 19.7. The van der Waals surface area contributed by atoms with Crippen molar-refractivity contribution in [3.8, 4) is 11.5 Å². The highest BCUT2D eigenvalue weighted by atomic mass is 16.6. The molecule has 0 bridgehead atoms. The van der Waals surface area contributed by atoms with Crippen LogP contribution in [0, 0.1) is 10.1 Å². The normalized spacial score (nSPS) is 18.8. The summed E-state index contributed by atoms with van der Waals surface area (Å²) in [6, 6.07) is 16.8. The molecular weight excluding hydrogens is 426 g/mol. The molecule has 0 heterocycles. The predicted octanol–water partition coefficient (Wildman–Crippen LogP) is 8.68. The van der Waals surface area contributed by atoms with Gasteiger partial charge in [0.05, 0.1) is 10.6 Å². The maximum Gasteiger partial charge on any atom is 0.269 e. The molecule has 0 radical (unpaired) electrons. The molecule has 3 aromatic rings. The van der Waals surface area contributed by atoms with Gasteiger partial charge in [0.2, 0.25) is 0 Å². The molecule has 34 heavy (non-hydrogen) atoms. The highest BCUT2D eigenvalue weighted by Gasteiger charge is 2.25. The van der Waals surface area contributed by atoms with Crippen LogP contribution in [-0.4, -0.2) is 4.92 Å². The van der Waals surface area contributed by atoms with Crippen LogP contribution in [0.4, 0.5) is 17.1 Å². The van der Waals surface area contributed by atoms with E-state index in [0.717, 1.165) is 37.9 Å². The molecule has 5 rings (SSSR count). The molecule has 0 saturated heterocycles. The van der Waals surface area contributed by atoms with Gasteiger partial charge in [0.1, 0.15) is 11.4 Å². The molecule has 0 aromatic heterocycles. The van der Waals surface area contributed by atoms with Gasteiger partial charge in [0.25, 0.3) is 5.69 Å². The van der Waals surface area contributed by atoms with Crippen molar-refractivity contribution in [3.05, 3.63) is 87.0 Å². The van der Waals surface area contributed by atoms with E-state index in [2.05, 4.69) is 54.4 Å². The van der Waals surface area contributed by atoms with Crippen molar-refractivity contribution in [1.82, 2.24) is 0 Å². The third kappa shape index (κ3) is 4.32. The maximum atomic E-state index is 10.9. The van der Waals surface area contributed by atoms with Gasteiger partial charge in [-0.3, -0.25) is 10.1 Å². The number of fused-ring (bicyclic) bond motifs is 2. The van der Waals surface area contributed by atoms with E-state index < -0.39 is 4.92 Å². The number of azo groups is 1. The first kappa shape index (κ1) is 22.3. The summed E-state index contributed by atoms with van der Waals surface area (Å²) in [7, 11) is 0. The summed E-state index contributed by atoms with van der Waals surface area (Å²) in [6.45, 7) is 4.48. The lowest BCUT2D eigenvalue weighted by atomic mass is 9.98. The molecule has 6 heteroatoms. The van der Waals surface area contributed by atoms with Crippen LogP contribution in [0.15, 0.2) is 64.8 Å². The average Bonchev–Trinajstić information content (AvgIpc) is 3.45. The first-order chi connectivity index (χ1) is 16.6. The van der Waals surface area contributed by atoms with Crippen molar-refractivity contribution in [2.75, 3.05) is 0 Å². The predicted molar refractivity (Wildman–Crippen MR) is 133 cm³/mol. The number of non-ortho nitro benzene ring substituents is 1. The largest absolute Gasteiger partial charge is 0.455 e. The third-order valence-corrected chi connectivity index (χ3v) is 7.29. The Morgan fingerprint density at radius 1 is 0.882 bits per heavy atom.